The molecular weight excluding hydrogens is 407 g/mol. The number of halogens is 1. The van der Waals surface area contributed by atoms with Crippen molar-refractivity contribution in [2.75, 3.05) is 39.3 Å². The molecule has 0 aliphatic carbocycles. The molecule has 0 bridgehead atoms. The molecule has 0 unspecified atom stereocenters. The molecule has 1 rings (SSSR count). The summed E-state index contributed by atoms with van der Waals surface area (Å²) in [4.78, 5) is 20.7. The van der Waals surface area contributed by atoms with Crippen LogP contribution in [-0.2, 0) is 4.74 Å². The molecule has 136 valence electrons. The van der Waals surface area contributed by atoms with Gasteiger partial charge in [0, 0.05) is 32.7 Å². The van der Waals surface area contributed by atoms with Gasteiger partial charge in [0.1, 0.15) is 5.60 Å². The van der Waals surface area contributed by atoms with Gasteiger partial charge in [0.2, 0.25) is 0 Å². The fourth-order valence-electron chi connectivity index (χ4n) is 2.34. The van der Waals surface area contributed by atoms with E-state index in [1.807, 2.05) is 27.7 Å². The number of guanidine groups is 1. The van der Waals surface area contributed by atoms with Crippen LogP contribution in [0.2, 0.25) is 0 Å². The van der Waals surface area contributed by atoms with Crippen molar-refractivity contribution in [1.29, 1.82) is 0 Å². The van der Waals surface area contributed by atoms with E-state index < -0.39 is 5.60 Å². The van der Waals surface area contributed by atoms with Crippen molar-refractivity contribution in [3.05, 3.63) is 0 Å². The summed E-state index contributed by atoms with van der Waals surface area (Å²) < 4.78 is 5.41. The van der Waals surface area contributed by atoms with Crippen LogP contribution in [0.1, 0.15) is 47.5 Å². The maximum absolute atomic E-state index is 12.1. The van der Waals surface area contributed by atoms with E-state index in [0.717, 1.165) is 25.6 Å². The summed E-state index contributed by atoms with van der Waals surface area (Å²) in [7, 11) is 0. The van der Waals surface area contributed by atoms with E-state index in [2.05, 4.69) is 22.1 Å². The maximum atomic E-state index is 12.1. The molecule has 0 aromatic carbocycles. The number of amides is 1. The fourth-order valence-corrected chi connectivity index (χ4v) is 2.34. The number of hydrogen-bond donors (Lipinski definition) is 1. The smallest absolute Gasteiger partial charge is 0.410 e. The highest BCUT2D eigenvalue weighted by Gasteiger charge is 2.21. The van der Waals surface area contributed by atoms with Gasteiger partial charge < -0.3 is 19.9 Å². The van der Waals surface area contributed by atoms with E-state index in [1.54, 1.807) is 4.90 Å². The van der Waals surface area contributed by atoms with Gasteiger partial charge in [-0.3, -0.25) is 4.99 Å². The maximum Gasteiger partial charge on any atom is 0.410 e. The minimum absolute atomic E-state index is 0. The normalized spacial score (nSPS) is 15.2. The van der Waals surface area contributed by atoms with Crippen LogP contribution >= 0.6 is 24.0 Å². The van der Waals surface area contributed by atoms with Crippen molar-refractivity contribution < 1.29 is 9.53 Å². The number of likely N-dealkylation sites (N-methyl/N-ethyl adjacent to an activating group) is 1. The molecule has 0 aromatic heterocycles. The molecule has 0 atom stereocenters. The van der Waals surface area contributed by atoms with Crippen molar-refractivity contribution in [3.8, 4) is 0 Å². The van der Waals surface area contributed by atoms with Gasteiger partial charge in [-0.05, 0) is 47.5 Å². The third-order valence-electron chi connectivity index (χ3n) is 3.41. The molecule has 6 nitrogen and oxygen atoms in total. The minimum Gasteiger partial charge on any atom is -0.444 e. The molecule has 23 heavy (non-hydrogen) atoms. The highest BCUT2D eigenvalue weighted by atomic mass is 127. The van der Waals surface area contributed by atoms with Gasteiger partial charge in [0.15, 0.2) is 5.96 Å². The van der Waals surface area contributed by atoms with E-state index in [-0.39, 0.29) is 30.1 Å². The first kappa shape index (κ1) is 22.3. The van der Waals surface area contributed by atoms with Gasteiger partial charge in [-0.2, -0.15) is 0 Å². The van der Waals surface area contributed by atoms with Crippen LogP contribution < -0.4 is 5.32 Å². The summed E-state index contributed by atoms with van der Waals surface area (Å²) in [5, 5.41) is 3.32. The molecule has 0 radical (unpaired) electrons. The third kappa shape index (κ3) is 8.62. The Hall–Kier alpha value is -0.730. The molecule has 0 spiro atoms. The second-order valence-electron chi connectivity index (χ2n) is 6.49. The van der Waals surface area contributed by atoms with Crippen LogP contribution in [-0.4, -0.2) is 66.7 Å². The predicted octanol–water partition coefficient (Wildman–Crippen LogP) is 2.92. The number of aliphatic imine (C=N–C) groups is 1. The van der Waals surface area contributed by atoms with Gasteiger partial charge in [-0.1, -0.05) is 0 Å². The van der Waals surface area contributed by atoms with Gasteiger partial charge in [-0.25, -0.2) is 4.79 Å². The Morgan fingerprint density at radius 3 is 2.35 bits per heavy atom. The van der Waals surface area contributed by atoms with Gasteiger partial charge in [0.05, 0.1) is 6.54 Å². The monoisotopic (exact) mass is 440 g/mol. The van der Waals surface area contributed by atoms with Gasteiger partial charge in [-0.15, -0.1) is 24.0 Å². The summed E-state index contributed by atoms with van der Waals surface area (Å²) >= 11 is 0. The van der Waals surface area contributed by atoms with E-state index in [1.165, 1.54) is 12.8 Å². The molecule has 1 fully saturated rings. The van der Waals surface area contributed by atoms with Crippen LogP contribution in [0.4, 0.5) is 4.79 Å². The Labute approximate surface area is 158 Å². The number of nitrogens with zero attached hydrogens (tertiary/aromatic N) is 3. The SMILES string of the molecule is CCNC(=NCCN(CC)C(=O)OC(C)(C)C)N1CCCC1.I. The minimum atomic E-state index is -0.460. The quantitative estimate of drug-likeness (QED) is 0.406. The lowest BCUT2D eigenvalue weighted by Crippen LogP contribution is -2.41. The Morgan fingerprint density at radius 1 is 1.26 bits per heavy atom. The van der Waals surface area contributed by atoms with Crippen molar-refractivity contribution >= 4 is 36.0 Å². The standard InChI is InChI=1S/C16H32N4O2.HI/c1-6-17-14(20-11-8-9-12-20)18-10-13-19(7-2)15(21)22-16(3,4)5;/h6-13H2,1-5H3,(H,17,18);1H. The van der Waals surface area contributed by atoms with Crippen molar-refractivity contribution in [2.45, 2.75) is 53.1 Å². The van der Waals surface area contributed by atoms with Crippen molar-refractivity contribution in [2.24, 2.45) is 4.99 Å². The number of carbonyl (C=O) groups excluding carboxylic acids is 1. The first-order valence-corrected chi connectivity index (χ1v) is 8.38. The average molecular weight is 440 g/mol. The lowest BCUT2D eigenvalue weighted by molar-refractivity contribution is 0.0266. The summed E-state index contributed by atoms with van der Waals surface area (Å²) in [5.74, 6) is 0.959. The average Bonchev–Trinajstić information content (AvgIpc) is 2.94. The van der Waals surface area contributed by atoms with E-state index in [4.69, 9.17) is 4.74 Å². The summed E-state index contributed by atoms with van der Waals surface area (Å²) in [5.41, 5.74) is -0.460. The highest BCUT2D eigenvalue weighted by molar-refractivity contribution is 14.0. The second-order valence-corrected chi connectivity index (χ2v) is 6.49. The molecule has 1 N–H and O–H groups in total. The Morgan fingerprint density at radius 2 is 1.87 bits per heavy atom. The predicted molar refractivity (Wildman–Crippen MR) is 106 cm³/mol. The lowest BCUT2D eigenvalue weighted by Gasteiger charge is -2.26. The third-order valence-corrected chi connectivity index (χ3v) is 3.41. The fraction of sp³-hybridized carbons (Fsp3) is 0.875. The van der Waals surface area contributed by atoms with Crippen LogP contribution in [0.15, 0.2) is 4.99 Å². The zero-order valence-corrected chi connectivity index (χ0v) is 17.6. The number of likely N-dealkylation sites (tertiary alicyclic amines) is 1. The molecular formula is C16H33IN4O2. The summed E-state index contributed by atoms with van der Waals surface area (Å²) in [6.07, 6.45) is 2.18. The molecule has 7 heteroatoms. The number of nitrogens with one attached hydrogen (secondary N) is 1. The number of ether oxygens (including phenoxy) is 1. The van der Waals surface area contributed by atoms with Crippen molar-refractivity contribution in [1.82, 2.24) is 15.1 Å². The van der Waals surface area contributed by atoms with Crippen LogP contribution in [0.25, 0.3) is 0 Å². The lowest BCUT2D eigenvalue weighted by atomic mass is 10.2. The van der Waals surface area contributed by atoms with E-state index in [9.17, 15) is 4.79 Å². The van der Waals surface area contributed by atoms with Crippen LogP contribution in [0.3, 0.4) is 0 Å². The molecule has 0 aromatic rings. The van der Waals surface area contributed by atoms with Crippen molar-refractivity contribution in [3.63, 3.8) is 0 Å². The molecule has 1 heterocycles. The van der Waals surface area contributed by atoms with Crippen LogP contribution in [0, 0.1) is 0 Å². The largest absolute Gasteiger partial charge is 0.444 e. The van der Waals surface area contributed by atoms with E-state index >= 15 is 0 Å². The molecule has 1 amide bonds. The van der Waals surface area contributed by atoms with Gasteiger partial charge >= 0.3 is 6.09 Å². The topological polar surface area (TPSA) is 57.2 Å². The van der Waals surface area contributed by atoms with Gasteiger partial charge in [0.25, 0.3) is 0 Å². The molecule has 1 aliphatic heterocycles. The molecule has 1 aliphatic rings. The number of carbonyl (C=O) groups is 1. The summed E-state index contributed by atoms with van der Waals surface area (Å²) in [6, 6.07) is 0. The Kier molecular flexibility index (Phi) is 10.6. The summed E-state index contributed by atoms with van der Waals surface area (Å²) in [6.45, 7) is 14.5. The molecule has 0 saturated carbocycles. The highest BCUT2D eigenvalue weighted by Crippen LogP contribution is 2.10. The Balaban J connectivity index is 0.00000484. The first-order chi connectivity index (χ1) is 10.4. The number of hydrogen-bond acceptors (Lipinski definition) is 3. The first-order valence-electron chi connectivity index (χ1n) is 8.38. The Bertz CT molecular complexity index is 377. The second kappa shape index (κ2) is 10.9. The number of rotatable bonds is 5. The van der Waals surface area contributed by atoms with E-state index in [0.29, 0.717) is 19.6 Å². The zero-order valence-electron chi connectivity index (χ0n) is 15.2. The zero-order chi connectivity index (χ0) is 16.6. The molecule has 1 saturated heterocycles. The van der Waals surface area contributed by atoms with Crippen LogP contribution in [0.5, 0.6) is 0 Å².